The van der Waals surface area contributed by atoms with E-state index < -0.39 is 5.60 Å². The van der Waals surface area contributed by atoms with Crippen LogP contribution in [0.5, 0.6) is 0 Å². The van der Waals surface area contributed by atoms with E-state index in [1.54, 1.807) is 0 Å². The second-order valence-corrected chi connectivity index (χ2v) is 3.44. The van der Waals surface area contributed by atoms with Crippen LogP contribution in [-0.2, 0) is 5.60 Å². The van der Waals surface area contributed by atoms with Crippen molar-refractivity contribution in [2.24, 2.45) is 0 Å². The SMILES string of the molecule is C[C](C)C(C)(O)c1ccccc1. The molecule has 1 aromatic rings. The van der Waals surface area contributed by atoms with Crippen LogP contribution in [0.15, 0.2) is 30.3 Å². The largest absolute Gasteiger partial charge is 0.385 e. The van der Waals surface area contributed by atoms with Gasteiger partial charge in [0.2, 0.25) is 0 Å². The smallest absolute Gasteiger partial charge is 0.0925 e. The standard InChI is InChI=1S/C11H15O/c1-9(2)11(3,12)10-7-5-4-6-8-10/h4-8,12H,1-3H3. The Morgan fingerprint density at radius 2 is 1.67 bits per heavy atom. The number of hydrogen-bond acceptors (Lipinski definition) is 1. The molecule has 0 aliphatic heterocycles. The Bertz CT molecular complexity index is 236. The lowest BCUT2D eigenvalue weighted by Gasteiger charge is -2.27. The molecule has 12 heavy (non-hydrogen) atoms. The molecule has 0 fully saturated rings. The van der Waals surface area contributed by atoms with Crippen molar-refractivity contribution in [1.82, 2.24) is 0 Å². The van der Waals surface area contributed by atoms with Crippen LogP contribution in [0.1, 0.15) is 26.3 Å². The fourth-order valence-electron chi connectivity index (χ4n) is 1.05. The normalized spacial score (nSPS) is 16.1. The molecule has 1 unspecified atom stereocenters. The summed E-state index contributed by atoms with van der Waals surface area (Å²) in [5.74, 6) is 1.01. The summed E-state index contributed by atoms with van der Waals surface area (Å²) in [6, 6.07) is 9.70. The Balaban J connectivity index is 2.98. The van der Waals surface area contributed by atoms with Crippen LogP contribution in [0.3, 0.4) is 0 Å². The van der Waals surface area contributed by atoms with E-state index >= 15 is 0 Å². The van der Waals surface area contributed by atoms with Gasteiger partial charge in [-0.05, 0) is 12.5 Å². The maximum absolute atomic E-state index is 10.0. The van der Waals surface area contributed by atoms with Crippen molar-refractivity contribution >= 4 is 0 Å². The van der Waals surface area contributed by atoms with Gasteiger partial charge in [-0.15, -0.1) is 0 Å². The van der Waals surface area contributed by atoms with Crippen LogP contribution in [0, 0.1) is 5.92 Å². The summed E-state index contributed by atoms with van der Waals surface area (Å²) in [6.07, 6.45) is 0. The third-order valence-corrected chi connectivity index (χ3v) is 2.31. The molecule has 1 nitrogen and oxygen atoms in total. The van der Waals surface area contributed by atoms with E-state index in [4.69, 9.17) is 0 Å². The minimum absolute atomic E-state index is 0.790. The average Bonchev–Trinajstić information content (AvgIpc) is 2.06. The summed E-state index contributed by atoms with van der Waals surface area (Å²) < 4.78 is 0. The number of rotatable bonds is 2. The maximum Gasteiger partial charge on any atom is 0.0925 e. The molecule has 1 N–H and O–H groups in total. The lowest BCUT2D eigenvalue weighted by atomic mass is 9.85. The van der Waals surface area contributed by atoms with Gasteiger partial charge in [0.05, 0.1) is 5.60 Å². The molecule has 0 aromatic heterocycles. The van der Waals surface area contributed by atoms with E-state index in [0.717, 1.165) is 11.5 Å². The summed E-state index contributed by atoms with van der Waals surface area (Å²) in [4.78, 5) is 0. The van der Waals surface area contributed by atoms with Crippen molar-refractivity contribution < 1.29 is 5.11 Å². The highest BCUT2D eigenvalue weighted by Crippen LogP contribution is 2.29. The highest BCUT2D eigenvalue weighted by molar-refractivity contribution is 5.26. The fraction of sp³-hybridized carbons (Fsp3) is 0.364. The molecular weight excluding hydrogens is 148 g/mol. The molecule has 0 heterocycles. The molecule has 65 valence electrons. The molecule has 0 spiro atoms. The average molecular weight is 163 g/mol. The molecule has 0 aliphatic carbocycles. The summed E-state index contributed by atoms with van der Waals surface area (Å²) >= 11 is 0. The first-order chi connectivity index (χ1) is 5.55. The molecule has 1 atom stereocenters. The molecule has 1 radical (unpaired) electrons. The second kappa shape index (κ2) is 3.28. The predicted molar refractivity (Wildman–Crippen MR) is 50.6 cm³/mol. The Kier molecular flexibility index (Phi) is 2.53. The summed E-state index contributed by atoms with van der Waals surface area (Å²) in [5, 5.41) is 10.0. The molecular formula is C11H15O. The van der Waals surface area contributed by atoms with E-state index in [-0.39, 0.29) is 0 Å². The highest BCUT2D eigenvalue weighted by Gasteiger charge is 2.26. The van der Waals surface area contributed by atoms with Crippen molar-refractivity contribution in [3.8, 4) is 0 Å². The first-order valence-electron chi connectivity index (χ1n) is 4.13. The van der Waals surface area contributed by atoms with Crippen LogP contribution in [-0.4, -0.2) is 5.11 Å². The minimum atomic E-state index is -0.790. The van der Waals surface area contributed by atoms with E-state index in [0.29, 0.717) is 0 Å². The second-order valence-electron chi connectivity index (χ2n) is 3.44. The molecule has 0 amide bonds. The van der Waals surface area contributed by atoms with Crippen molar-refractivity contribution in [3.63, 3.8) is 0 Å². The topological polar surface area (TPSA) is 20.2 Å². The van der Waals surface area contributed by atoms with E-state index in [9.17, 15) is 5.11 Å². The monoisotopic (exact) mass is 163 g/mol. The lowest BCUT2D eigenvalue weighted by Crippen LogP contribution is -2.26. The van der Waals surface area contributed by atoms with E-state index in [2.05, 4.69) is 0 Å². The first-order valence-corrected chi connectivity index (χ1v) is 4.13. The molecule has 0 bridgehead atoms. The van der Waals surface area contributed by atoms with Crippen molar-refractivity contribution in [2.75, 3.05) is 0 Å². The lowest BCUT2D eigenvalue weighted by molar-refractivity contribution is 0.0739. The van der Waals surface area contributed by atoms with Crippen LogP contribution in [0.2, 0.25) is 0 Å². The van der Waals surface area contributed by atoms with Crippen LogP contribution < -0.4 is 0 Å². The molecule has 1 rings (SSSR count). The Morgan fingerprint density at radius 3 is 2.08 bits per heavy atom. The summed E-state index contributed by atoms with van der Waals surface area (Å²) in [7, 11) is 0. The van der Waals surface area contributed by atoms with Crippen molar-refractivity contribution in [2.45, 2.75) is 26.4 Å². The third-order valence-electron chi connectivity index (χ3n) is 2.31. The molecule has 0 saturated heterocycles. The third kappa shape index (κ3) is 1.67. The van der Waals surface area contributed by atoms with Gasteiger partial charge in [0.25, 0.3) is 0 Å². The van der Waals surface area contributed by atoms with Crippen LogP contribution >= 0.6 is 0 Å². The van der Waals surface area contributed by atoms with Gasteiger partial charge in [-0.1, -0.05) is 44.2 Å². The van der Waals surface area contributed by atoms with Gasteiger partial charge in [-0.3, -0.25) is 0 Å². The maximum atomic E-state index is 10.0. The van der Waals surface area contributed by atoms with Crippen molar-refractivity contribution in [1.29, 1.82) is 0 Å². The predicted octanol–water partition coefficient (Wildman–Crippen LogP) is 2.51. The first kappa shape index (κ1) is 9.27. The zero-order valence-electron chi connectivity index (χ0n) is 7.83. The molecule has 1 heteroatoms. The molecule has 0 saturated carbocycles. The fourth-order valence-corrected chi connectivity index (χ4v) is 1.05. The molecule has 0 aliphatic rings. The van der Waals surface area contributed by atoms with Crippen LogP contribution in [0.4, 0.5) is 0 Å². The number of aliphatic hydroxyl groups is 1. The van der Waals surface area contributed by atoms with Gasteiger partial charge in [-0.25, -0.2) is 0 Å². The van der Waals surface area contributed by atoms with Gasteiger partial charge in [0.1, 0.15) is 0 Å². The van der Waals surface area contributed by atoms with Gasteiger partial charge < -0.3 is 5.11 Å². The van der Waals surface area contributed by atoms with E-state index in [1.807, 2.05) is 51.1 Å². The Morgan fingerprint density at radius 1 is 1.17 bits per heavy atom. The quantitative estimate of drug-likeness (QED) is 0.710. The Labute approximate surface area is 74.1 Å². The van der Waals surface area contributed by atoms with Crippen molar-refractivity contribution in [3.05, 3.63) is 41.8 Å². The van der Waals surface area contributed by atoms with Crippen LogP contribution in [0.25, 0.3) is 0 Å². The Hall–Kier alpha value is -0.820. The van der Waals surface area contributed by atoms with Gasteiger partial charge in [0, 0.05) is 5.92 Å². The number of benzene rings is 1. The zero-order chi connectivity index (χ0) is 9.19. The summed E-state index contributed by atoms with van der Waals surface area (Å²) in [6.45, 7) is 5.69. The van der Waals surface area contributed by atoms with Gasteiger partial charge in [0.15, 0.2) is 0 Å². The van der Waals surface area contributed by atoms with E-state index in [1.165, 1.54) is 0 Å². The highest BCUT2D eigenvalue weighted by atomic mass is 16.3. The van der Waals surface area contributed by atoms with Gasteiger partial charge in [-0.2, -0.15) is 0 Å². The minimum Gasteiger partial charge on any atom is -0.385 e. The zero-order valence-corrected chi connectivity index (χ0v) is 7.83. The summed E-state index contributed by atoms with van der Waals surface area (Å²) in [5.41, 5.74) is 0.159. The number of hydrogen-bond donors (Lipinski definition) is 1. The molecule has 1 aromatic carbocycles. The van der Waals surface area contributed by atoms with Gasteiger partial charge >= 0.3 is 0 Å².